The summed E-state index contributed by atoms with van der Waals surface area (Å²) in [5.41, 5.74) is 26.3. The quantitative estimate of drug-likeness (QED) is 0.0347. The lowest BCUT2D eigenvalue weighted by atomic mass is 9.98. The molecule has 5 aromatic carbocycles. The number of allylic oxidation sites excluding steroid dienone is 4. The van der Waals surface area contributed by atoms with E-state index in [-0.39, 0.29) is 0 Å². The van der Waals surface area contributed by atoms with Gasteiger partial charge in [0.1, 0.15) is 16.7 Å². The van der Waals surface area contributed by atoms with Crippen LogP contribution in [0.15, 0.2) is 132 Å². The molecule has 0 saturated carbocycles. The Bertz CT molecular complexity index is 2620. The predicted molar refractivity (Wildman–Crippen MR) is 245 cm³/mol. The number of nitrogens with two attached hydrogens (primary N) is 1. The lowest BCUT2D eigenvalue weighted by Gasteiger charge is -2.19. The van der Waals surface area contributed by atoms with E-state index in [0.29, 0.717) is 0 Å². The molecule has 0 fully saturated rings. The lowest BCUT2D eigenvalue weighted by molar-refractivity contribution is -0.537. The van der Waals surface area contributed by atoms with Crippen molar-refractivity contribution >= 4 is 61.9 Å². The van der Waals surface area contributed by atoms with E-state index in [1.807, 2.05) is 12.1 Å². The zero-order valence-corrected chi connectivity index (χ0v) is 34.3. The van der Waals surface area contributed by atoms with Crippen molar-refractivity contribution in [3.05, 3.63) is 149 Å². The molecule has 0 amide bonds. The molecule has 6 aromatic rings. The summed E-state index contributed by atoms with van der Waals surface area (Å²) in [4.78, 5) is 10.2. The third-order valence-corrected chi connectivity index (χ3v) is 11.2. The number of para-hydroxylation sites is 2. The van der Waals surface area contributed by atoms with Crippen LogP contribution >= 0.6 is 0 Å². The highest BCUT2D eigenvalue weighted by Gasteiger charge is 2.23. The highest BCUT2D eigenvalue weighted by atomic mass is 15.0. The molecule has 0 bridgehead atoms. The maximum absolute atomic E-state index is 6.63. The van der Waals surface area contributed by atoms with Gasteiger partial charge in [-0.3, -0.25) is 0 Å². The first-order valence-electron chi connectivity index (χ1n) is 20.7. The molecule has 0 radical (unpaired) electrons. The van der Waals surface area contributed by atoms with E-state index in [1.54, 1.807) is 0 Å². The van der Waals surface area contributed by atoms with Crippen LogP contribution in [0.2, 0.25) is 0 Å². The normalized spacial score (nSPS) is 14.3. The van der Waals surface area contributed by atoms with Crippen molar-refractivity contribution in [2.45, 2.75) is 72.8 Å². The molecule has 8 rings (SSSR count). The number of hydrogen-bond donors (Lipinski definition) is 5. The Hall–Kier alpha value is -6.41. The molecule has 6 N–H and O–H groups in total. The van der Waals surface area contributed by atoms with Crippen molar-refractivity contribution in [2.24, 2.45) is 4.99 Å². The van der Waals surface area contributed by atoms with E-state index in [4.69, 9.17) is 15.7 Å². The topological polar surface area (TPSA) is 103 Å². The van der Waals surface area contributed by atoms with Gasteiger partial charge in [0, 0.05) is 54.9 Å². The van der Waals surface area contributed by atoms with Gasteiger partial charge in [-0.25, -0.2) is 9.98 Å². The molecule has 0 atom stereocenters. The molecular formula is C50H55N8+. The van der Waals surface area contributed by atoms with Crippen LogP contribution in [0.5, 0.6) is 0 Å². The Kier molecular flexibility index (Phi) is 11.3. The molecule has 58 heavy (non-hydrogen) atoms. The molecule has 8 nitrogen and oxygen atoms in total. The van der Waals surface area contributed by atoms with Gasteiger partial charge in [0.2, 0.25) is 11.2 Å². The van der Waals surface area contributed by atoms with Gasteiger partial charge in [-0.05, 0) is 122 Å². The van der Waals surface area contributed by atoms with Gasteiger partial charge < -0.3 is 27.0 Å². The van der Waals surface area contributed by atoms with E-state index in [1.165, 1.54) is 42.4 Å². The number of nitrogens with one attached hydrogen (secondary N) is 4. The van der Waals surface area contributed by atoms with Crippen molar-refractivity contribution in [3.63, 3.8) is 0 Å². The molecule has 1 aliphatic carbocycles. The van der Waals surface area contributed by atoms with Crippen molar-refractivity contribution in [1.82, 2.24) is 10.3 Å². The fourth-order valence-corrected chi connectivity index (χ4v) is 8.16. The van der Waals surface area contributed by atoms with Gasteiger partial charge in [0.25, 0.3) is 5.52 Å². The minimum atomic E-state index is 0.734. The number of hydrogen-bond acceptors (Lipinski definition) is 7. The first-order chi connectivity index (χ1) is 28.2. The monoisotopic (exact) mass is 767 g/mol. The molecular weight excluding hydrogens is 713 g/mol. The van der Waals surface area contributed by atoms with Crippen LogP contribution in [-0.2, 0) is 6.54 Å². The number of aliphatic imine (C=N–C) groups is 1. The van der Waals surface area contributed by atoms with Crippen molar-refractivity contribution in [2.75, 3.05) is 34.8 Å². The SMILES string of the molecule is C=C1C=C(NCCCCCCCCNc2cc3c(cc2C)nc2cc(C)cc(N)c2[n+]3-c2ccccc2)C(C)=CC1=Nc1cc(C)cc2c1Nc1ccccc1CN2. The second kappa shape index (κ2) is 17.0. The van der Waals surface area contributed by atoms with E-state index in [2.05, 4.69) is 151 Å². The average molecular weight is 768 g/mol. The summed E-state index contributed by atoms with van der Waals surface area (Å²) in [5, 5.41) is 14.7. The molecule has 2 heterocycles. The summed E-state index contributed by atoms with van der Waals surface area (Å²) in [6.07, 6.45) is 11.4. The minimum Gasteiger partial charge on any atom is -0.393 e. The third-order valence-electron chi connectivity index (χ3n) is 11.2. The molecule has 1 aliphatic heterocycles. The first-order valence-corrected chi connectivity index (χ1v) is 20.7. The first kappa shape index (κ1) is 38.5. The number of unbranched alkanes of at least 4 members (excludes halogenated alkanes) is 5. The van der Waals surface area contributed by atoms with E-state index in [9.17, 15) is 0 Å². The minimum absolute atomic E-state index is 0.734. The number of anilines is 5. The van der Waals surface area contributed by atoms with Crippen LogP contribution in [0, 0.1) is 20.8 Å². The fourth-order valence-electron chi connectivity index (χ4n) is 8.16. The van der Waals surface area contributed by atoms with E-state index < -0.39 is 0 Å². The predicted octanol–water partition coefficient (Wildman–Crippen LogP) is 11.4. The zero-order valence-electron chi connectivity index (χ0n) is 34.3. The smallest absolute Gasteiger partial charge is 0.260 e. The maximum atomic E-state index is 6.63. The van der Waals surface area contributed by atoms with Gasteiger partial charge in [0.15, 0.2) is 0 Å². The van der Waals surface area contributed by atoms with Crippen molar-refractivity contribution in [3.8, 4) is 5.69 Å². The fraction of sp³-hybridized carbons (Fsp3) is 0.260. The Morgan fingerprint density at radius 2 is 1.48 bits per heavy atom. The van der Waals surface area contributed by atoms with Crippen LogP contribution in [-0.4, -0.2) is 23.8 Å². The van der Waals surface area contributed by atoms with E-state index >= 15 is 0 Å². The van der Waals surface area contributed by atoms with Gasteiger partial charge in [-0.2, -0.15) is 0 Å². The average Bonchev–Trinajstić information content (AvgIpc) is 3.39. The number of nitrogen functional groups attached to an aromatic ring is 1. The zero-order chi connectivity index (χ0) is 40.2. The number of rotatable bonds is 13. The molecule has 0 saturated heterocycles. The Balaban J connectivity index is 0.810. The Morgan fingerprint density at radius 3 is 2.29 bits per heavy atom. The van der Waals surface area contributed by atoms with Crippen LogP contribution in [0.3, 0.4) is 0 Å². The summed E-state index contributed by atoms with van der Waals surface area (Å²) in [6, 6.07) is 31.8. The van der Waals surface area contributed by atoms with Crippen LogP contribution in [0.4, 0.5) is 34.1 Å². The number of aryl methyl sites for hydroxylation is 3. The molecule has 8 heteroatoms. The number of fused-ring (bicyclic) bond motifs is 4. The molecule has 294 valence electrons. The maximum Gasteiger partial charge on any atom is 0.260 e. The van der Waals surface area contributed by atoms with Crippen molar-refractivity contribution < 1.29 is 4.57 Å². The standard InChI is InChI=1S/C50H54N8/c1-32-23-39(51)50-47(26-32)56-44-29-35(4)42(30-48(44)58(50)38-18-11-10-12-19-38)53-22-16-9-7-6-8-15-21-52-41-27-36(5)43(28-34(41)3)55-46-25-33(2)24-45-49(46)57-40-20-14-13-17-37(40)31-54-45/h10-14,17-20,23-30,52H,5-9,15-16,21-22,31,51H2,1-4H3,(H2,53,54,56,57)/p+1. The second-order valence-corrected chi connectivity index (χ2v) is 15.9. The summed E-state index contributed by atoms with van der Waals surface area (Å²) in [5.74, 6) is 0. The van der Waals surface area contributed by atoms with Crippen LogP contribution < -0.4 is 31.6 Å². The largest absolute Gasteiger partial charge is 0.393 e. The summed E-state index contributed by atoms with van der Waals surface area (Å²) >= 11 is 0. The number of nitrogens with zero attached hydrogens (tertiary/aromatic N) is 3. The molecule has 0 unspecified atom stereocenters. The molecule has 1 aromatic heterocycles. The highest BCUT2D eigenvalue weighted by molar-refractivity contribution is 6.13. The molecule has 2 aliphatic rings. The Labute approximate surface area is 342 Å². The number of aromatic nitrogens is 2. The summed E-state index contributed by atoms with van der Waals surface area (Å²) in [6.45, 7) is 15.5. The third kappa shape index (κ3) is 8.33. The lowest BCUT2D eigenvalue weighted by Crippen LogP contribution is -2.34. The van der Waals surface area contributed by atoms with E-state index in [0.717, 1.165) is 122 Å². The second-order valence-electron chi connectivity index (χ2n) is 15.9. The number of benzene rings is 5. The Morgan fingerprint density at radius 1 is 0.759 bits per heavy atom. The van der Waals surface area contributed by atoms with Gasteiger partial charge >= 0.3 is 0 Å². The summed E-state index contributed by atoms with van der Waals surface area (Å²) in [7, 11) is 0. The van der Waals surface area contributed by atoms with Gasteiger partial charge in [-0.1, -0.05) is 68.7 Å². The van der Waals surface area contributed by atoms with Crippen molar-refractivity contribution in [1.29, 1.82) is 0 Å². The molecule has 0 spiro atoms. The van der Waals surface area contributed by atoms with Gasteiger partial charge in [-0.15, -0.1) is 4.57 Å². The van der Waals surface area contributed by atoms with Crippen LogP contribution in [0.1, 0.15) is 67.7 Å². The summed E-state index contributed by atoms with van der Waals surface area (Å²) < 4.78 is 2.25. The van der Waals surface area contributed by atoms with Gasteiger partial charge in [0.05, 0.1) is 22.8 Å². The van der Waals surface area contributed by atoms with Crippen LogP contribution in [0.25, 0.3) is 27.8 Å². The highest BCUT2D eigenvalue weighted by Crippen LogP contribution is 2.41.